The summed E-state index contributed by atoms with van der Waals surface area (Å²) in [5, 5.41) is 6.07. The molecule has 4 rings (SSSR count). The minimum atomic E-state index is 0.487. The van der Waals surface area contributed by atoms with Gasteiger partial charge in [0.1, 0.15) is 12.4 Å². The molecule has 0 unspecified atom stereocenters. The fourth-order valence-corrected chi connectivity index (χ4v) is 3.04. The zero-order valence-corrected chi connectivity index (χ0v) is 15.1. The van der Waals surface area contributed by atoms with Gasteiger partial charge in [0.25, 0.3) is 0 Å². The monoisotopic (exact) mass is 354 g/mol. The largest absolute Gasteiger partial charge is 0.487 e. The van der Waals surface area contributed by atoms with Gasteiger partial charge in [0.2, 0.25) is 0 Å². The van der Waals surface area contributed by atoms with E-state index in [4.69, 9.17) is 4.74 Å². The molecule has 0 fully saturated rings. The van der Waals surface area contributed by atoms with Crippen LogP contribution in [-0.4, -0.2) is 4.98 Å². The van der Waals surface area contributed by atoms with E-state index in [1.54, 1.807) is 6.20 Å². The first-order chi connectivity index (χ1) is 13.4. The summed E-state index contributed by atoms with van der Waals surface area (Å²) in [4.78, 5) is 4.26. The Bertz CT molecular complexity index is 997. The zero-order chi connectivity index (χ0) is 18.3. The molecular weight excluding hydrogens is 332 g/mol. The number of ether oxygens (including phenoxy) is 1. The molecule has 0 spiro atoms. The van der Waals surface area contributed by atoms with Gasteiger partial charge in [-0.05, 0) is 52.2 Å². The molecule has 134 valence electrons. The predicted octanol–water partition coefficient (Wildman–Crippen LogP) is 5.10. The molecule has 3 heteroatoms. The molecule has 0 amide bonds. The summed E-state index contributed by atoms with van der Waals surface area (Å²) in [5.74, 6) is 0.860. The van der Waals surface area contributed by atoms with E-state index in [1.807, 2.05) is 30.3 Å². The number of rotatable bonds is 7. The summed E-state index contributed by atoms with van der Waals surface area (Å²) in [7, 11) is 0. The van der Waals surface area contributed by atoms with Crippen LogP contribution in [0.2, 0.25) is 0 Å². The minimum absolute atomic E-state index is 0.487. The molecule has 27 heavy (non-hydrogen) atoms. The number of hydrogen-bond acceptors (Lipinski definition) is 3. The lowest BCUT2D eigenvalue weighted by Crippen LogP contribution is -2.12. The Labute approximate surface area is 159 Å². The van der Waals surface area contributed by atoms with Gasteiger partial charge in [-0.3, -0.25) is 4.98 Å². The molecule has 0 saturated heterocycles. The number of hydrogen-bond donors (Lipinski definition) is 1. The molecule has 0 radical (unpaired) electrons. The molecule has 0 aliphatic carbocycles. The van der Waals surface area contributed by atoms with Crippen LogP contribution in [0, 0.1) is 0 Å². The van der Waals surface area contributed by atoms with Gasteiger partial charge in [-0.15, -0.1) is 0 Å². The third kappa shape index (κ3) is 4.72. The van der Waals surface area contributed by atoms with E-state index in [9.17, 15) is 0 Å². The number of aromatic nitrogens is 1. The quantitative estimate of drug-likeness (QED) is 0.501. The van der Waals surface area contributed by atoms with Crippen LogP contribution in [0.15, 0.2) is 91.1 Å². The van der Waals surface area contributed by atoms with E-state index >= 15 is 0 Å². The summed E-state index contributed by atoms with van der Waals surface area (Å²) in [5.41, 5.74) is 3.46. The van der Waals surface area contributed by atoms with Crippen LogP contribution < -0.4 is 10.1 Å². The average Bonchev–Trinajstić information content (AvgIpc) is 2.74. The van der Waals surface area contributed by atoms with E-state index in [2.05, 4.69) is 64.9 Å². The van der Waals surface area contributed by atoms with Crippen LogP contribution in [0.4, 0.5) is 0 Å². The molecule has 3 nitrogen and oxygen atoms in total. The Kier molecular flexibility index (Phi) is 5.42. The Morgan fingerprint density at radius 1 is 0.704 bits per heavy atom. The lowest BCUT2D eigenvalue weighted by atomic mass is 10.1. The fourth-order valence-electron chi connectivity index (χ4n) is 3.04. The fraction of sp³-hybridized carbons (Fsp3) is 0.125. The average molecular weight is 354 g/mol. The second-order valence-corrected chi connectivity index (χ2v) is 6.54. The van der Waals surface area contributed by atoms with E-state index in [0.717, 1.165) is 24.5 Å². The Morgan fingerprint density at radius 3 is 2.26 bits per heavy atom. The van der Waals surface area contributed by atoms with E-state index in [0.29, 0.717) is 6.61 Å². The normalized spacial score (nSPS) is 10.8. The minimum Gasteiger partial charge on any atom is -0.487 e. The van der Waals surface area contributed by atoms with Crippen molar-refractivity contribution in [2.75, 3.05) is 0 Å². The maximum Gasteiger partial charge on any atom is 0.130 e. The lowest BCUT2D eigenvalue weighted by Gasteiger charge is -2.09. The molecule has 1 aromatic heterocycles. The van der Waals surface area contributed by atoms with Crippen molar-refractivity contribution >= 4 is 10.8 Å². The van der Waals surface area contributed by atoms with Crippen LogP contribution in [-0.2, 0) is 19.7 Å². The Balaban J connectivity index is 1.28. The van der Waals surface area contributed by atoms with E-state index in [-0.39, 0.29) is 0 Å². The molecule has 0 aliphatic rings. The van der Waals surface area contributed by atoms with Crippen LogP contribution in [0.5, 0.6) is 5.75 Å². The Morgan fingerprint density at radius 2 is 1.44 bits per heavy atom. The maximum atomic E-state index is 5.78. The van der Waals surface area contributed by atoms with Crippen molar-refractivity contribution in [3.63, 3.8) is 0 Å². The number of fused-ring (bicyclic) bond motifs is 1. The van der Waals surface area contributed by atoms with Gasteiger partial charge in [0.15, 0.2) is 0 Å². The van der Waals surface area contributed by atoms with Crippen LogP contribution in [0.1, 0.15) is 16.8 Å². The van der Waals surface area contributed by atoms with Crippen LogP contribution in [0.25, 0.3) is 10.8 Å². The second kappa shape index (κ2) is 8.47. The lowest BCUT2D eigenvalue weighted by molar-refractivity contribution is 0.301. The summed E-state index contributed by atoms with van der Waals surface area (Å²) in [6.07, 6.45) is 1.78. The van der Waals surface area contributed by atoms with E-state index in [1.165, 1.54) is 21.9 Å². The van der Waals surface area contributed by atoms with Crippen molar-refractivity contribution in [1.29, 1.82) is 0 Å². The van der Waals surface area contributed by atoms with E-state index < -0.39 is 0 Å². The van der Waals surface area contributed by atoms with Gasteiger partial charge in [-0.2, -0.15) is 0 Å². The third-order valence-electron chi connectivity index (χ3n) is 4.51. The second-order valence-electron chi connectivity index (χ2n) is 6.54. The van der Waals surface area contributed by atoms with Gasteiger partial charge >= 0.3 is 0 Å². The summed E-state index contributed by atoms with van der Waals surface area (Å²) >= 11 is 0. The van der Waals surface area contributed by atoms with Gasteiger partial charge in [-0.25, -0.2) is 0 Å². The first-order valence-electron chi connectivity index (χ1n) is 9.17. The van der Waals surface area contributed by atoms with Gasteiger partial charge in [0.05, 0.1) is 5.69 Å². The summed E-state index contributed by atoms with van der Waals surface area (Å²) in [6, 6.07) is 29.1. The highest BCUT2D eigenvalue weighted by Crippen LogP contribution is 2.16. The number of nitrogens with zero attached hydrogens (tertiary/aromatic N) is 1. The van der Waals surface area contributed by atoms with Crippen molar-refractivity contribution in [1.82, 2.24) is 10.3 Å². The highest BCUT2D eigenvalue weighted by molar-refractivity contribution is 5.82. The van der Waals surface area contributed by atoms with Crippen LogP contribution >= 0.6 is 0 Å². The highest BCUT2D eigenvalue weighted by atomic mass is 16.5. The van der Waals surface area contributed by atoms with Gasteiger partial charge < -0.3 is 10.1 Å². The smallest absolute Gasteiger partial charge is 0.130 e. The van der Waals surface area contributed by atoms with Crippen molar-refractivity contribution in [2.24, 2.45) is 0 Å². The topological polar surface area (TPSA) is 34.1 Å². The maximum absolute atomic E-state index is 5.78. The molecule has 1 N–H and O–H groups in total. The molecule has 4 aromatic rings. The van der Waals surface area contributed by atoms with Crippen molar-refractivity contribution in [3.05, 3.63) is 108 Å². The highest BCUT2D eigenvalue weighted by Gasteiger charge is 1.99. The Hall–Kier alpha value is -3.17. The van der Waals surface area contributed by atoms with Gasteiger partial charge in [0, 0.05) is 19.3 Å². The first kappa shape index (κ1) is 17.3. The molecule has 0 bridgehead atoms. The molecule has 0 atom stereocenters. The van der Waals surface area contributed by atoms with Gasteiger partial charge in [-0.1, -0.05) is 54.6 Å². The van der Waals surface area contributed by atoms with Crippen molar-refractivity contribution < 1.29 is 4.74 Å². The standard InChI is InChI=1S/C24H22N2O/c1-2-6-22-15-20(8-11-21(22)5-1)17-25-16-19-9-12-24(13-10-19)27-18-23-7-3-4-14-26-23/h1-15,25H,16-18H2. The number of benzene rings is 3. The predicted molar refractivity (Wildman–Crippen MR) is 110 cm³/mol. The molecular formula is C24H22N2O. The number of pyridine rings is 1. The summed E-state index contributed by atoms with van der Waals surface area (Å²) in [6.45, 7) is 2.16. The van der Waals surface area contributed by atoms with Crippen molar-refractivity contribution in [3.8, 4) is 5.75 Å². The van der Waals surface area contributed by atoms with Crippen LogP contribution in [0.3, 0.4) is 0 Å². The molecule has 1 heterocycles. The number of nitrogens with one attached hydrogen (secondary N) is 1. The molecule has 0 aliphatic heterocycles. The first-order valence-corrected chi connectivity index (χ1v) is 9.17. The molecule has 3 aromatic carbocycles. The third-order valence-corrected chi connectivity index (χ3v) is 4.51. The zero-order valence-electron chi connectivity index (χ0n) is 15.1. The van der Waals surface area contributed by atoms with Crippen molar-refractivity contribution in [2.45, 2.75) is 19.7 Å². The SMILES string of the molecule is c1ccc(COc2ccc(CNCc3ccc4ccccc4c3)cc2)nc1. The molecule has 0 saturated carbocycles. The summed E-state index contributed by atoms with van der Waals surface area (Å²) < 4.78 is 5.78.